The molecule has 0 bridgehead atoms. The zero-order valence-corrected chi connectivity index (χ0v) is 9.96. The van der Waals surface area contributed by atoms with Gasteiger partial charge in [-0.3, -0.25) is 4.68 Å². The van der Waals surface area contributed by atoms with Crippen molar-refractivity contribution in [1.82, 2.24) is 15.1 Å². The molecule has 18 heavy (non-hydrogen) atoms. The minimum absolute atomic E-state index is 0.283. The molecule has 6 nitrogen and oxygen atoms in total. The number of ether oxygens (including phenoxy) is 1. The fourth-order valence-electron chi connectivity index (χ4n) is 1.43. The molecular formula is C12H14N4O2. The Balaban J connectivity index is 1.87. The Kier molecular flexibility index (Phi) is 3.47. The molecule has 0 saturated heterocycles. The van der Waals surface area contributed by atoms with Gasteiger partial charge in [-0.15, -0.1) is 0 Å². The zero-order chi connectivity index (χ0) is 13.0. The van der Waals surface area contributed by atoms with Crippen LogP contribution in [0.15, 0.2) is 36.5 Å². The van der Waals surface area contributed by atoms with E-state index in [1.165, 1.54) is 0 Å². The second-order valence-electron chi connectivity index (χ2n) is 3.73. The maximum absolute atomic E-state index is 11.5. The Morgan fingerprint density at radius 2 is 2.17 bits per heavy atom. The highest BCUT2D eigenvalue weighted by Crippen LogP contribution is 2.10. The molecule has 6 heteroatoms. The first-order chi connectivity index (χ1) is 8.66. The number of benzene rings is 1. The van der Waals surface area contributed by atoms with Gasteiger partial charge in [0.2, 0.25) is 0 Å². The summed E-state index contributed by atoms with van der Waals surface area (Å²) >= 11 is 0. The van der Waals surface area contributed by atoms with E-state index in [0.717, 1.165) is 5.56 Å². The average molecular weight is 246 g/mol. The summed E-state index contributed by atoms with van der Waals surface area (Å²) in [5.74, 6) is 1.02. The number of para-hydroxylation sites is 1. The van der Waals surface area contributed by atoms with Crippen LogP contribution < -0.4 is 15.8 Å². The Hall–Kier alpha value is -2.50. The van der Waals surface area contributed by atoms with Gasteiger partial charge in [0.1, 0.15) is 11.6 Å². The predicted octanol–water partition coefficient (Wildman–Crippen LogP) is 1.29. The number of aryl methyl sites for hydroxylation is 1. The van der Waals surface area contributed by atoms with Gasteiger partial charge in [0, 0.05) is 12.6 Å². The molecule has 0 spiro atoms. The Bertz CT molecular complexity index is 536. The molecule has 1 amide bonds. The molecule has 1 aromatic carbocycles. The van der Waals surface area contributed by atoms with Gasteiger partial charge in [-0.05, 0) is 12.1 Å². The molecule has 1 heterocycles. The van der Waals surface area contributed by atoms with Crippen LogP contribution in [0.3, 0.4) is 0 Å². The Labute approximate surface area is 104 Å². The highest BCUT2D eigenvalue weighted by atomic mass is 16.5. The van der Waals surface area contributed by atoms with Crippen molar-refractivity contribution in [1.29, 1.82) is 0 Å². The van der Waals surface area contributed by atoms with Crippen molar-refractivity contribution in [3.63, 3.8) is 0 Å². The van der Waals surface area contributed by atoms with E-state index in [1.807, 2.05) is 6.07 Å². The van der Waals surface area contributed by atoms with Crippen LogP contribution in [0, 0.1) is 0 Å². The van der Waals surface area contributed by atoms with Crippen molar-refractivity contribution in [3.8, 4) is 5.75 Å². The van der Waals surface area contributed by atoms with Gasteiger partial charge in [-0.1, -0.05) is 18.2 Å². The maximum atomic E-state index is 11.5. The molecular weight excluding hydrogens is 232 g/mol. The largest absolute Gasteiger partial charge is 0.412 e. The van der Waals surface area contributed by atoms with E-state index in [2.05, 4.69) is 10.4 Å². The van der Waals surface area contributed by atoms with Crippen LogP contribution in [-0.2, 0) is 13.6 Å². The smallest absolute Gasteiger partial charge is 0.410 e. The summed E-state index contributed by atoms with van der Waals surface area (Å²) in [6.45, 7) is 0.283. The van der Waals surface area contributed by atoms with Gasteiger partial charge in [-0.25, -0.2) is 4.79 Å². The molecule has 94 valence electrons. The van der Waals surface area contributed by atoms with Gasteiger partial charge < -0.3 is 15.8 Å². The second kappa shape index (κ2) is 5.22. The van der Waals surface area contributed by atoms with E-state index in [9.17, 15) is 4.79 Å². The third-order valence-electron chi connectivity index (χ3n) is 2.44. The molecule has 0 aliphatic rings. The molecule has 0 saturated carbocycles. The standard InChI is InChI=1S/C12H14N4O2/c1-16-11(13)9(8-15-16)7-14-12(17)18-10-5-3-2-4-6-10/h2-6,8H,7,13H2,1H3,(H,14,17). The lowest BCUT2D eigenvalue weighted by Crippen LogP contribution is -2.26. The van der Waals surface area contributed by atoms with Crippen molar-refractivity contribution in [2.45, 2.75) is 6.54 Å². The van der Waals surface area contributed by atoms with Crippen LogP contribution in [0.25, 0.3) is 0 Å². The van der Waals surface area contributed by atoms with Crippen molar-refractivity contribution in [3.05, 3.63) is 42.1 Å². The first-order valence-corrected chi connectivity index (χ1v) is 5.44. The molecule has 0 aliphatic heterocycles. The summed E-state index contributed by atoms with van der Waals surface area (Å²) in [7, 11) is 1.74. The number of nitrogens with two attached hydrogens (primary N) is 1. The first kappa shape index (κ1) is 12.0. The number of hydrogen-bond acceptors (Lipinski definition) is 4. The lowest BCUT2D eigenvalue weighted by Gasteiger charge is -2.06. The van der Waals surface area contributed by atoms with Gasteiger partial charge >= 0.3 is 6.09 Å². The number of aromatic nitrogens is 2. The van der Waals surface area contributed by atoms with E-state index >= 15 is 0 Å². The lowest BCUT2D eigenvalue weighted by molar-refractivity contribution is 0.200. The molecule has 0 fully saturated rings. The fourth-order valence-corrected chi connectivity index (χ4v) is 1.43. The number of hydrogen-bond donors (Lipinski definition) is 2. The van der Waals surface area contributed by atoms with E-state index in [0.29, 0.717) is 11.6 Å². The molecule has 0 unspecified atom stereocenters. The average Bonchev–Trinajstić information content (AvgIpc) is 2.69. The minimum Gasteiger partial charge on any atom is -0.410 e. The van der Waals surface area contributed by atoms with Crippen molar-refractivity contribution in [2.75, 3.05) is 5.73 Å². The number of carbonyl (C=O) groups excluding carboxylic acids is 1. The summed E-state index contributed by atoms with van der Waals surface area (Å²) in [6.07, 6.45) is 1.09. The first-order valence-electron chi connectivity index (χ1n) is 5.44. The summed E-state index contributed by atoms with van der Waals surface area (Å²) < 4.78 is 6.61. The third-order valence-corrected chi connectivity index (χ3v) is 2.44. The second-order valence-corrected chi connectivity index (χ2v) is 3.73. The quantitative estimate of drug-likeness (QED) is 0.855. The third kappa shape index (κ3) is 2.79. The lowest BCUT2D eigenvalue weighted by atomic mass is 10.3. The van der Waals surface area contributed by atoms with E-state index < -0.39 is 6.09 Å². The molecule has 0 radical (unpaired) electrons. The van der Waals surface area contributed by atoms with E-state index in [-0.39, 0.29) is 6.54 Å². The normalized spacial score (nSPS) is 10.1. The minimum atomic E-state index is -0.524. The fraction of sp³-hybridized carbons (Fsp3) is 0.167. The number of anilines is 1. The highest BCUT2D eigenvalue weighted by Gasteiger charge is 2.07. The van der Waals surface area contributed by atoms with Crippen LogP contribution in [0.5, 0.6) is 5.75 Å². The Morgan fingerprint density at radius 3 is 2.78 bits per heavy atom. The van der Waals surface area contributed by atoms with Crippen LogP contribution in [0.2, 0.25) is 0 Å². The predicted molar refractivity (Wildman–Crippen MR) is 66.9 cm³/mol. The maximum Gasteiger partial charge on any atom is 0.412 e. The SMILES string of the molecule is Cn1ncc(CNC(=O)Oc2ccccc2)c1N. The highest BCUT2D eigenvalue weighted by molar-refractivity contribution is 5.70. The number of nitrogen functional groups attached to an aromatic ring is 1. The van der Waals surface area contributed by atoms with Gasteiger partial charge in [-0.2, -0.15) is 5.10 Å². The summed E-state index contributed by atoms with van der Waals surface area (Å²) in [5.41, 5.74) is 6.50. The van der Waals surface area contributed by atoms with E-state index in [1.54, 1.807) is 42.2 Å². The molecule has 3 N–H and O–H groups in total. The van der Waals surface area contributed by atoms with Crippen LogP contribution in [0.1, 0.15) is 5.56 Å². The molecule has 2 rings (SSSR count). The van der Waals surface area contributed by atoms with Gasteiger partial charge in [0.25, 0.3) is 0 Å². The molecule has 0 atom stereocenters. The summed E-state index contributed by atoms with van der Waals surface area (Å²) in [6, 6.07) is 8.85. The van der Waals surface area contributed by atoms with Gasteiger partial charge in [0.05, 0.1) is 12.7 Å². The number of carbonyl (C=O) groups is 1. The Morgan fingerprint density at radius 1 is 1.44 bits per heavy atom. The summed E-state index contributed by atoms with van der Waals surface area (Å²) in [4.78, 5) is 11.5. The molecule has 2 aromatic rings. The van der Waals surface area contributed by atoms with Crippen molar-refractivity contribution >= 4 is 11.9 Å². The summed E-state index contributed by atoms with van der Waals surface area (Å²) in [5, 5.41) is 6.58. The zero-order valence-electron chi connectivity index (χ0n) is 9.96. The monoisotopic (exact) mass is 246 g/mol. The molecule has 1 aromatic heterocycles. The van der Waals surface area contributed by atoms with Crippen LogP contribution in [0.4, 0.5) is 10.6 Å². The topological polar surface area (TPSA) is 82.2 Å². The number of rotatable bonds is 3. The molecule has 0 aliphatic carbocycles. The van der Waals surface area contributed by atoms with Gasteiger partial charge in [0.15, 0.2) is 0 Å². The van der Waals surface area contributed by atoms with Crippen LogP contribution >= 0.6 is 0 Å². The number of amides is 1. The van der Waals surface area contributed by atoms with Crippen LogP contribution in [-0.4, -0.2) is 15.9 Å². The van der Waals surface area contributed by atoms with Crippen molar-refractivity contribution < 1.29 is 9.53 Å². The number of nitrogens with zero attached hydrogens (tertiary/aromatic N) is 2. The van der Waals surface area contributed by atoms with E-state index in [4.69, 9.17) is 10.5 Å². The van der Waals surface area contributed by atoms with Crippen molar-refractivity contribution in [2.24, 2.45) is 7.05 Å². The number of nitrogens with one attached hydrogen (secondary N) is 1.